The molecule has 0 spiro atoms. The molecule has 5 aromatic carbocycles. The second-order valence-corrected chi connectivity index (χ2v) is 20.6. The lowest BCUT2D eigenvalue weighted by Crippen LogP contribution is -2.30. The number of benzene rings is 5. The van der Waals surface area contributed by atoms with Crippen molar-refractivity contribution in [3.63, 3.8) is 0 Å². The summed E-state index contributed by atoms with van der Waals surface area (Å²) in [4.78, 5) is 39.4. The first-order valence-electron chi connectivity index (χ1n) is 19.1. The van der Waals surface area contributed by atoms with Gasteiger partial charge in [0.1, 0.15) is 37.0 Å². The fourth-order valence-corrected chi connectivity index (χ4v) is 6.53. The van der Waals surface area contributed by atoms with Crippen molar-refractivity contribution in [1.29, 1.82) is 0 Å². The summed E-state index contributed by atoms with van der Waals surface area (Å²) in [7, 11) is -0.271. The van der Waals surface area contributed by atoms with Gasteiger partial charge in [0, 0.05) is 19.2 Å². The zero-order valence-electron chi connectivity index (χ0n) is 33.6. The Labute approximate surface area is 341 Å². The number of hydrogen-bond acceptors (Lipinski definition) is 9. The molecule has 2 unspecified atom stereocenters. The average Bonchev–Trinajstić information content (AvgIpc) is 3.24. The number of hydrogen-bond donors (Lipinski definition) is 2. The minimum absolute atomic E-state index is 0.000610. The molecule has 58 heavy (non-hydrogen) atoms. The maximum Gasteiger partial charge on any atom is 0.412 e. The predicted molar refractivity (Wildman–Crippen MR) is 226 cm³/mol. The molecular formula is C47H51NO9Si. The fourth-order valence-electron chi connectivity index (χ4n) is 5.82. The van der Waals surface area contributed by atoms with Crippen LogP contribution in [0.3, 0.4) is 0 Å². The third-order valence-corrected chi connectivity index (χ3v) is 11.0. The van der Waals surface area contributed by atoms with Gasteiger partial charge in [-0.15, -0.1) is 0 Å². The number of ether oxygens (including phenoxy) is 5. The second kappa shape index (κ2) is 20.8. The maximum atomic E-state index is 13.7. The van der Waals surface area contributed by atoms with Crippen molar-refractivity contribution in [2.75, 3.05) is 13.7 Å². The van der Waals surface area contributed by atoms with Crippen molar-refractivity contribution in [2.24, 2.45) is 5.92 Å². The minimum Gasteiger partial charge on any atom is -0.489 e. The topological polar surface area (TPSA) is 130 Å². The SMILES string of the molecule is COC(=O)C(C)C(O)c1cc(-c2ccc(OCc3ccccc3)c(/C=C(/NC(=O)OCc3ccccc3)C(=O)OCC[Si](C)(C)C)c2)ccc1OCc1ccccc1. The lowest BCUT2D eigenvalue weighted by molar-refractivity contribution is -0.148. The van der Waals surface area contributed by atoms with E-state index in [4.69, 9.17) is 23.7 Å². The molecule has 302 valence electrons. The first kappa shape index (κ1) is 43.0. The second-order valence-electron chi connectivity index (χ2n) is 15.0. The fraction of sp³-hybridized carbons (Fsp3) is 0.255. The van der Waals surface area contributed by atoms with Crippen LogP contribution in [0.4, 0.5) is 4.79 Å². The van der Waals surface area contributed by atoms with Crippen LogP contribution in [-0.4, -0.2) is 44.9 Å². The standard InChI is InChI=1S/C47H51NO9Si/c1-33(45(50)53-2)44(49)40-28-38(22-24-43(40)56-31-35-17-11-7-12-18-35)37-21-23-42(55-30-34-15-9-6-10-16-34)39(27-37)29-41(46(51)54-25-26-58(3,4)5)48-47(52)57-32-36-19-13-8-14-20-36/h6-24,27-29,33,44,49H,25-26,30-32H2,1-5H3,(H,48,52)/b41-29+. The summed E-state index contributed by atoms with van der Waals surface area (Å²) >= 11 is 0. The van der Waals surface area contributed by atoms with Crippen LogP contribution in [0, 0.1) is 5.92 Å². The van der Waals surface area contributed by atoms with Gasteiger partial charge in [0.2, 0.25) is 0 Å². The summed E-state index contributed by atoms with van der Waals surface area (Å²) in [5, 5.41) is 14.1. The van der Waals surface area contributed by atoms with Crippen LogP contribution in [0.15, 0.2) is 133 Å². The number of carbonyl (C=O) groups excluding carboxylic acids is 3. The monoisotopic (exact) mass is 801 g/mol. The van der Waals surface area contributed by atoms with E-state index in [2.05, 4.69) is 25.0 Å². The lowest BCUT2D eigenvalue weighted by Gasteiger charge is -2.21. The Bertz CT molecular complexity index is 2150. The van der Waals surface area contributed by atoms with Crippen LogP contribution in [-0.2, 0) is 43.6 Å². The quantitative estimate of drug-likeness (QED) is 0.0385. The molecule has 0 saturated carbocycles. The van der Waals surface area contributed by atoms with Crippen molar-refractivity contribution in [2.45, 2.75) is 58.5 Å². The molecule has 2 N–H and O–H groups in total. The van der Waals surface area contributed by atoms with E-state index >= 15 is 0 Å². The normalized spacial score (nSPS) is 12.5. The van der Waals surface area contributed by atoms with Crippen LogP contribution < -0.4 is 14.8 Å². The number of rotatable bonds is 18. The summed E-state index contributed by atoms with van der Waals surface area (Å²) < 4.78 is 28.6. The third kappa shape index (κ3) is 12.9. The summed E-state index contributed by atoms with van der Waals surface area (Å²) in [6, 6.07) is 40.0. The zero-order valence-corrected chi connectivity index (χ0v) is 34.6. The summed E-state index contributed by atoms with van der Waals surface area (Å²) in [6.45, 7) is 8.81. The van der Waals surface area contributed by atoms with Crippen LogP contribution >= 0.6 is 0 Å². The van der Waals surface area contributed by atoms with Crippen molar-refractivity contribution in [3.8, 4) is 22.6 Å². The van der Waals surface area contributed by atoms with Gasteiger partial charge in [-0.3, -0.25) is 10.1 Å². The Morgan fingerprint density at radius 3 is 1.76 bits per heavy atom. The molecule has 10 nitrogen and oxygen atoms in total. The number of methoxy groups -OCH3 is 1. The minimum atomic E-state index is -1.55. The highest BCUT2D eigenvalue weighted by molar-refractivity contribution is 6.76. The summed E-state index contributed by atoms with van der Waals surface area (Å²) in [5.41, 5.74) is 4.73. The van der Waals surface area contributed by atoms with Crippen LogP contribution in [0.1, 0.15) is 40.8 Å². The number of aliphatic hydroxyl groups is 1. The van der Waals surface area contributed by atoms with Crippen LogP contribution in [0.2, 0.25) is 25.7 Å². The van der Waals surface area contributed by atoms with Gasteiger partial charge in [0.25, 0.3) is 0 Å². The van der Waals surface area contributed by atoms with Crippen LogP contribution in [0.5, 0.6) is 11.5 Å². The molecular weight excluding hydrogens is 751 g/mol. The summed E-state index contributed by atoms with van der Waals surface area (Å²) in [6.07, 6.45) is -0.573. The molecule has 0 fully saturated rings. The number of nitrogens with one attached hydrogen (secondary N) is 1. The molecule has 1 amide bonds. The molecule has 0 radical (unpaired) electrons. The van der Waals surface area contributed by atoms with Crippen molar-refractivity contribution >= 4 is 32.2 Å². The molecule has 0 aliphatic carbocycles. The largest absolute Gasteiger partial charge is 0.489 e. The molecule has 0 bridgehead atoms. The zero-order chi connectivity index (χ0) is 41.5. The molecule has 0 saturated heterocycles. The Balaban J connectivity index is 1.54. The molecule has 0 aliphatic heterocycles. The predicted octanol–water partition coefficient (Wildman–Crippen LogP) is 9.50. The smallest absolute Gasteiger partial charge is 0.412 e. The van der Waals surface area contributed by atoms with Gasteiger partial charge in [-0.2, -0.15) is 0 Å². The van der Waals surface area contributed by atoms with E-state index in [9.17, 15) is 19.5 Å². The van der Waals surface area contributed by atoms with Gasteiger partial charge in [0.15, 0.2) is 0 Å². The lowest BCUT2D eigenvalue weighted by atomic mass is 9.93. The highest BCUT2D eigenvalue weighted by atomic mass is 28.3. The first-order valence-corrected chi connectivity index (χ1v) is 22.8. The molecule has 0 aliphatic rings. The Morgan fingerprint density at radius 1 is 0.690 bits per heavy atom. The van der Waals surface area contributed by atoms with E-state index in [1.54, 1.807) is 25.1 Å². The molecule has 0 aromatic heterocycles. The molecule has 5 rings (SSSR count). The van der Waals surface area contributed by atoms with E-state index in [1.807, 2.05) is 109 Å². The molecule has 2 atom stereocenters. The van der Waals surface area contributed by atoms with Gasteiger partial charge >= 0.3 is 18.0 Å². The first-order chi connectivity index (χ1) is 27.9. The number of amides is 1. The van der Waals surface area contributed by atoms with Crippen LogP contribution in [0.25, 0.3) is 17.2 Å². The van der Waals surface area contributed by atoms with E-state index in [0.29, 0.717) is 33.8 Å². The van der Waals surface area contributed by atoms with Gasteiger partial charge in [-0.25, -0.2) is 9.59 Å². The van der Waals surface area contributed by atoms with Gasteiger partial charge in [0.05, 0.1) is 25.7 Å². The van der Waals surface area contributed by atoms with Crippen molar-refractivity contribution in [1.82, 2.24) is 5.32 Å². The number of alkyl carbamates (subject to hydrolysis) is 1. The highest BCUT2D eigenvalue weighted by Crippen LogP contribution is 2.37. The van der Waals surface area contributed by atoms with Gasteiger partial charge < -0.3 is 28.8 Å². The number of aliphatic hydroxyl groups excluding tert-OH is 1. The molecule has 0 heterocycles. The Kier molecular flexibility index (Phi) is 15.4. The number of carbonyl (C=O) groups is 3. The Hall–Kier alpha value is -6.17. The average molecular weight is 802 g/mol. The summed E-state index contributed by atoms with van der Waals surface area (Å²) in [5.74, 6) is -1.36. The van der Waals surface area contributed by atoms with E-state index in [0.717, 1.165) is 22.7 Å². The molecule has 5 aromatic rings. The van der Waals surface area contributed by atoms with Crippen molar-refractivity contribution < 1.29 is 43.2 Å². The third-order valence-electron chi connectivity index (χ3n) is 9.25. The van der Waals surface area contributed by atoms with Gasteiger partial charge in [-0.05, 0) is 71.1 Å². The molecule has 11 heteroatoms. The highest BCUT2D eigenvalue weighted by Gasteiger charge is 2.28. The van der Waals surface area contributed by atoms with Crippen molar-refractivity contribution in [3.05, 3.63) is 161 Å². The number of esters is 2. The van der Waals surface area contributed by atoms with E-state index < -0.39 is 38.1 Å². The van der Waals surface area contributed by atoms with E-state index in [-0.39, 0.29) is 32.1 Å². The Morgan fingerprint density at radius 2 is 1.21 bits per heavy atom. The van der Waals surface area contributed by atoms with Gasteiger partial charge in [-0.1, -0.05) is 123 Å². The van der Waals surface area contributed by atoms with E-state index in [1.165, 1.54) is 13.2 Å². The maximum absolute atomic E-state index is 13.7.